The van der Waals surface area contributed by atoms with Crippen LogP contribution in [0.3, 0.4) is 0 Å². The topological polar surface area (TPSA) is 69.9 Å². The summed E-state index contributed by atoms with van der Waals surface area (Å²) in [6.07, 6.45) is -0.412. The van der Waals surface area contributed by atoms with E-state index in [1.54, 1.807) is 55.8 Å². The highest BCUT2D eigenvalue weighted by Gasteiger charge is 2.40. The highest BCUT2D eigenvalue weighted by molar-refractivity contribution is 6.49. The van der Waals surface area contributed by atoms with Gasteiger partial charge < -0.3 is 14.1 Å². The Morgan fingerprint density at radius 3 is 2.42 bits per heavy atom. The fraction of sp³-hybridized carbons (Fsp3) is 0.240. The van der Waals surface area contributed by atoms with Crippen LogP contribution in [-0.2, 0) is 23.1 Å². The second-order valence-electron chi connectivity index (χ2n) is 8.25. The molecule has 3 aromatic rings. The minimum absolute atomic E-state index is 0.199. The molecule has 0 saturated carbocycles. The number of nitrogens with zero attached hydrogens (tertiary/aromatic N) is 2. The van der Waals surface area contributed by atoms with Gasteiger partial charge in [0, 0.05) is 30.2 Å². The summed E-state index contributed by atoms with van der Waals surface area (Å²) in [4.78, 5) is 30.7. The lowest BCUT2D eigenvalue weighted by atomic mass is 9.94. The number of oxime groups is 1. The lowest BCUT2D eigenvalue weighted by Crippen LogP contribution is -2.33. The van der Waals surface area contributed by atoms with E-state index >= 15 is 0 Å². The Hall–Kier alpha value is -3.81. The number of methoxy groups -OCH3 is 1. The summed E-state index contributed by atoms with van der Waals surface area (Å²) in [5, 5.41) is 3.94. The largest absolute Gasteiger partial charge is 0.496 e. The molecule has 2 heterocycles. The Balaban J connectivity index is 1.71. The standard InChI is InChI=1S/C25H22F2N2O4/c1-25(2)24(31)23(28-33-25)14-8-11-22(32-4)16(12-14)19-9-10-20(29(19)3)21(30)13-15-17(26)6-5-7-18(15)27/h5-12H,13H2,1-4H3. The van der Waals surface area contributed by atoms with Crippen molar-refractivity contribution >= 4 is 17.3 Å². The van der Waals surface area contributed by atoms with Crippen LogP contribution < -0.4 is 4.74 Å². The van der Waals surface area contributed by atoms with E-state index in [4.69, 9.17) is 9.57 Å². The van der Waals surface area contributed by atoms with Crippen molar-refractivity contribution in [3.05, 3.63) is 77.0 Å². The van der Waals surface area contributed by atoms with Crippen molar-refractivity contribution in [2.24, 2.45) is 12.2 Å². The van der Waals surface area contributed by atoms with Gasteiger partial charge in [0.2, 0.25) is 5.78 Å². The molecule has 6 nitrogen and oxygen atoms in total. The molecule has 0 aliphatic carbocycles. The number of Topliss-reactive ketones (excluding diaryl/α,β-unsaturated/α-hetero) is 2. The third-order valence-corrected chi connectivity index (χ3v) is 5.68. The van der Waals surface area contributed by atoms with Gasteiger partial charge in [0.1, 0.15) is 17.4 Å². The first kappa shape index (κ1) is 22.4. The first-order valence-electron chi connectivity index (χ1n) is 10.3. The van der Waals surface area contributed by atoms with Crippen molar-refractivity contribution in [3.8, 4) is 17.0 Å². The third kappa shape index (κ3) is 3.92. The zero-order chi connectivity index (χ0) is 23.9. The van der Waals surface area contributed by atoms with Crippen molar-refractivity contribution in [2.75, 3.05) is 7.11 Å². The number of aromatic nitrogens is 1. The molecule has 0 unspecified atom stereocenters. The average Bonchev–Trinajstić information content (AvgIpc) is 3.29. The summed E-state index contributed by atoms with van der Waals surface area (Å²) in [5.74, 6) is -1.69. The smallest absolute Gasteiger partial charge is 0.230 e. The molecule has 33 heavy (non-hydrogen) atoms. The van der Waals surface area contributed by atoms with Gasteiger partial charge in [-0.15, -0.1) is 0 Å². The first-order chi connectivity index (χ1) is 15.6. The van der Waals surface area contributed by atoms with Gasteiger partial charge in [0.25, 0.3) is 0 Å². The number of halogens is 2. The molecule has 170 valence electrons. The number of benzene rings is 2. The molecule has 1 aromatic heterocycles. The number of hydrogen-bond donors (Lipinski definition) is 0. The number of ether oxygens (including phenoxy) is 1. The Kier molecular flexibility index (Phi) is 5.61. The van der Waals surface area contributed by atoms with Crippen LogP contribution in [0.5, 0.6) is 5.75 Å². The van der Waals surface area contributed by atoms with Gasteiger partial charge in [-0.2, -0.15) is 0 Å². The first-order valence-corrected chi connectivity index (χ1v) is 10.3. The van der Waals surface area contributed by atoms with E-state index in [0.717, 1.165) is 12.1 Å². The molecule has 2 aromatic carbocycles. The van der Waals surface area contributed by atoms with Crippen LogP contribution in [0.4, 0.5) is 8.78 Å². The minimum Gasteiger partial charge on any atom is -0.496 e. The molecule has 0 saturated heterocycles. The molecule has 0 radical (unpaired) electrons. The Labute approximate surface area is 189 Å². The van der Waals surface area contributed by atoms with Crippen molar-refractivity contribution in [2.45, 2.75) is 25.9 Å². The summed E-state index contributed by atoms with van der Waals surface area (Å²) in [6, 6.07) is 11.9. The molecular weight excluding hydrogens is 430 g/mol. The summed E-state index contributed by atoms with van der Waals surface area (Å²) >= 11 is 0. The summed E-state index contributed by atoms with van der Waals surface area (Å²) < 4.78 is 35.1. The fourth-order valence-corrected chi connectivity index (χ4v) is 3.78. The van der Waals surface area contributed by atoms with Gasteiger partial charge in [0.15, 0.2) is 17.1 Å². The van der Waals surface area contributed by atoms with Crippen LogP contribution in [0, 0.1) is 11.6 Å². The zero-order valence-electron chi connectivity index (χ0n) is 18.6. The number of ketones is 2. The van der Waals surface area contributed by atoms with E-state index in [1.165, 1.54) is 13.2 Å². The average molecular weight is 452 g/mol. The summed E-state index contributed by atoms with van der Waals surface area (Å²) in [6.45, 7) is 3.29. The van der Waals surface area contributed by atoms with Crippen LogP contribution in [0.2, 0.25) is 0 Å². The number of carbonyl (C=O) groups is 2. The number of hydrogen-bond acceptors (Lipinski definition) is 5. The molecule has 0 bridgehead atoms. The van der Waals surface area contributed by atoms with Crippen LogP contribution >= 0.6 is 0 Å². The van der Waals surface area contributed by atoms with Crippen LogP contribution in [0.15, 0.2) is 53.7 Å². The maximum absolute atomic E-state index is 14.0. The van der Waals surface area contributed by atoms with Crippen molar-refractivity contribution in [3.63, 3.8) is 0 Å². The van der Waals surface area contributed by atoms with E-state index in [0.29, 0.717) is 22.6 Å². The van der Waals surface area contributed by atoms with E-state index < -0.39 is 29.4 Å². The molecule has 1 aliphatic heterocycles. The Bertz CT molecular complexity index is 1290. The lowest BCUT2D eigenvalue weighted by Gasteiger charge is -2.14. The van der Waals surface area contributed by atoms with E-state index in [2.05, 4.69) is 5.16 Å². The molecule has 0 atom stereocenters. The highest BCUT2D eigenvalue weighted by Crippen LogP contribution is 2.34. The van der Waals surface area contributed by atoms with E-state index in [-0.39, 0.29) is 22.8 Å². The summed E-state index contributed by atoms with van der Waals surface area (Å²) in [5.41, 5.74) is 0.950. The highest BCUT2D eigenvalue weighted by atomic mass is 19.1. The van der Waals surface area contributed by atoms with Gasteiger partial charge in [0.05, 0.1) is 18.5 Å². The maximum Gasteiger partial charge on any atom is 0.230 e. The lowest BCUT2D eigenvalue weighted by molar-refractivity contribution is -0.128. The molecule has 0 N–H and O–H groups in total. The van der Waals surface area contributed by atoms with Crippen LogP contribution in [0.1, 0.15) is 35.5 Å². The predicted octanol–water partition coefficient (Wildman–Crippen LogP) is 4.49. The zero-order valence-corrected chi connectivity index (χ0v) is 18.6. The minimum atomic E-state index is -1.04. The molecule has 4 rings (SSSR count). The number of carbonyl (C=O) groups excluding carboxylic acids is 2. The molecule has 0 spiro atoms. The number of rotatable bonds is 6. The monoisotopic (exact) mass is 452 g/mol. The molecular formula is C25H22F2N2O4. The predicted molar refractivity (Wildman–Crippen MR) is 119 cm³/mol. The fourth-order valence-electron chi connectivity index (χ4n) is 3.78. The van der Waals surface area contributed by atoms with Gasteiger partial charge in [-0.25, -0.2) is 8.78 Å². The SMILES string of the molecule is COc1ccc(C2=NOC(C)(C)C2=O)cc1-c1ccc(C(=O)Cc2c(F)cccc2F)n1C. The van der Waals surface area contributed by atoms with Crippen LogP contribution in [-0.4, -0.2) is 34.6 Å². The van der Waals surface area contributed by atoms with Crippen molar-refractivity contribution in [1.82, 2.24) is 4.57 Å². The van der Waals surface area contributed by atoms with Gasteiger partial charge in [-0.1, -0.05) is 11.2 Å². The van der Waals surface area contributed by atoms with E-state index in [9.17, 15) is 18.4 Å². The van der Waals surface area contributed by atoms with E-state index in [1.807, 2.05) is 0 Å². The Morgan fingerprint density at radius 2 is 1.82 bits per heavy atom. The second-order valence-corrected chi connectivity index (χ2v) is 8.25. The quantitative estimate of drug-likeness (QED) is 0.517. The van der Waals surface area contributed by atoms with Crippen molar-refractivity contribution in [1.29, 1.82) is 0 Å². The van der Waals surface area contributed by atoms with Gasteiger partial charge in [-0.05, 0) is 56.3 Å². The van der Waals surface area contributed by atoms with Gasteiger partial charge >= 0.3 is 0 Å². The van der Waals surface area contributed by atoms with Crippen LogP contribution in [0.25, 0.3) is 11.3 Å². The molecule has 8 heteroatoms. The normalized spacial score (nSPS) is 14.7. The van der Waals surface area contributed by atoms with Crippen molar-refractivity contribution < 1.29 is 27.9 Å². The third-order valence-electron chi connectivity index (χ3n) is 5.68. The molecule has 0 amide bonds. The van der Waals surface area contributed by atoms with Gasteiger partial charge in [-0.3, -0.25) is 9.59 Å². The maximum atomic E-state index is 14.0. The molecule has 1 aliphatic rings. The second kappa shape index (κ2) is 8.27. The summed E-state index contributed by atoms with van der Waals surface area (Å²) in [7, 11) is 3.19. The molecule has 0 fully saturated rings. The Morgan fingerprint density at radius 1 is 1.12 bits per heavy atom.